The van der Waals surface area contributed by atoms with Gasteiger partial charge in [0.15, 0.2) is 5.76 Å². The average Bonchev–Trinajstić information content (AvgIpc) is 2.75. The number of rotatable bonds is 3. The zero-order chi connectivity index (χ0) is 11.7. The second-order valence-electron chi connectivity index (χ2n) is 4.96. The van der Waals surface area contributed by atoms with Gasteiger partial charge in [-0.1, -0.05) is 13.8 Å². The molecule has 0 bridgehead atoms. The number of likely N-dealkylation sites (tertiary alicyclic amines) is 1. The van der Waals surface area contributed by atoms with E-state index in [1.165, 1.54) is 6.42 Å². The highest BCUT2D eigenvalue weighted by molar-refractivity contribution is 5.00. The van der Waals surface area contributed by atoms with E-state index in [4.69, 9.17) is 8.83 Å². The average molecular weight is 225 g/mol. The van der Waals surface area contributed by atoms with Gasteiger partial charge in [-0.15, -0.1) is 0 Å². The minimum absolute atomic E-state index is 0.591. The van der Waals surface area contributed by atoms with E-state index in [1.807, 2.05) is 0 Å². The van der Waals surface area contributed by atoms with E-state index in [0.29, 0.717) is 18.1 Å². The lowest BCUT2D eigenvalue weighted by Gasteiger charge is -2.16. The predicted octanol–water partition coefficient (Wildman–Crippen LogP) is 2.02. The summed E-state index contributed by atoms with van der Waals surface area (Å²) in [4.78, 5) is 13.2. The lowest BCUT2D eigenvalue weighted by atomic mass is 9.95. The van der Waals surface area contributed by atoms with Gasteiger partial charge >= 0.3 is 5.82 Å². The highest BCUT2D eigenvalue weighted by Gasteiger charge is 2.26. The summed E-state index contributed by atoms with van der Waals surface area (Å²) < 4.78 is 9.86. The second kappa shape index (κ2) is 4.45. The van der Waals surface area contributed by atoms with Crippen LogP contribution in [0.5, 0.6) is 0 Å². The first kappa shape index (κ1) is 11.5. The SMILES string of the molecule is Cc1oc(=O)oc1CN1CC[C@@H](C(C)C)C1. The van der Waals surface area contributed by atoms with E-state index in [9.17, 15) is 4.79 Å². The fraction of sp³-hybridized carbons (Fsp3) is 0.750. The Morgan fingerprint density at radius 2 is 2.19 bits per heavy atom. The maximum absolute atomic E-state index is 10.9. The van der Waals surface area contributed by atoms with Gasteiger partial charge in [0.05, 0.1) is 6.54 Å². The van der Waals surface area contributed by atoms with Gasteiger partial charge in [0.2, 0.25) is 0 Å². The lowest BCUT2D eigenvalue weighted by molar-refractivity contribution is 0.267. The van der Waals surface area contributed by atoms with Gasteiger partial charge in [0, 0.05) is 6.54 Å². The summed E-state index contributed by atoms with van der Waals surface area (Å²) in [6.45, 7) is 9.16. The quantitative estimate of drug-likeness (QED) is 0.789. The van der Waals surface area contributed by atoms with E-state index in [2.05, 4.69) is 18.7 Å². The Kier molecular flexibility index (Phi) is 3.19. The molecule has 4 heteroatoms. The summed E-state index contributed by atoms with van der Waals surface area (Å²) in [6, 6.07) is 0. The van der Waals surface area contributed by atoms with Crippen molar-refractivity contribution < 1.29 is 8.83 Å². The summed E-state index contributed by atoms with van der Waals surface area (Å²) in [5, 5.41) is 0. The molecular formula is C12H19NO3. The third-order valence-corrected chi connectivity index (χ3v) is 3.45. The number of hydrogen-bond acceptors (Lipinski definition) is 4. The van der Waals surface area contributed by atoms with E-state index in [0.717, 1.165) is 24.9 Å². The van der Waals surface area contributed by atoms with E-state index in [-0.39, 0.29) is 0 Å². The molecule has 2 rings (SSSR count). The second-order valence-corrected chi connectivity index (χ2v) is 4.96. The van der Waals surface area contributed by atoms with Crippen molar-refractivity contribution in [2.24, 2.45) is 11.8 Å². The van der Waals surface area contributed by atoms with Gasteiger partial charge < -0.3 is 8.83 Å². The monoisotopic (exact) mass is 225 g/mol. The van der Waals surface area contributed by atoms with Crippen LogP contribution < -0.4 is 5.82 Å². The summed E-state index contributed by atoms with van der Waals surface area (Å²) >= 11 is 0. The van der Waals surface area contributed by atoms with Crippen LogP contribution in [0, 0.1) is 18.8 Å². The topological polar surface area (TPSA) is 46.6 Å². The molecule has 1 atom stereocenters. The van der Waals surface area contributed by atoms with Crippen LogP contribution in [0.3, 0.4) is 0 Å². The van der Waals surface area contributed by atoms with Crippen molar-refractivity contribution in [2.75, 3.05) is 13.1 Å². The first-order valence-corrected chi connectivity index (χ1v) is 5.88. The van der Waals surface area contributed by atoms with Crippen molar-refractivity contribution in [1.29, 1.82) is 0 Å². The summed E-state index contributed by atoms with van der Waals surface area (Å²) in [5.41, 5.74) is 0. The minimum atomic E-state index is -0.591. The Labute approximate surface area is 95.2 Å². The molecule has 0 spiro atoms. The Bertz CT molecular complexity index is 405. The normalized spacial score (nSPS) is 22.1. The van der Waals surface area contributed by atoms with Gasteiger partial charge in [-0.2, -0.15) is 0 Å². The van der Waals surface area contributed by atoms with Crippen LogP contribution in [0.15, 0.2) is 13.6 Å². The summed E-state index contributed by atoms with van der Waals surface area (Å²) in [5.74, 6) is 2.18. The van der Waals surface area contributed by atoms with Crippen molar-refractivity contribution in [1.82, 2.24) is 4.90 Å². The molecule has 0 aromatic carbocycles. The van der Waals surface area contributed by atoms with Gasteiger partial charge in [0.25, 0.3) is 0 Å². The fourth-order valence-corrected chi connectivity index (χ4v) is 2.27. The molecule has 0 saturated carbocycles. The molecule has 0 N–H and O–H groups in total. The van der Waals surface area contributed by atoms with Gasteiger partial charge in [0.1, 0.15) is 5.76 Å². The molecule has 0 aliphatic carbocycles. The Morgan fingerprint density at radius 1 is 1.44 bits per heavy atom. The molecule has 0 amide bonds. The van der Waals surface area contributed by atoms with Crippen molar-refractivity contribution in [3.8, 4) is 0 Å². The molecule has 2 heterocycles. The number of nitrogens with zero attached hydrogens (tertiary/aromatic N) is 1. The maximum Gasteiger partial charge on any atom is 0.519 e. The van der Waals surface area contributed by atoms with Gasteiger partial charge in [-0.3, -0.25) is 4.90 Å². The minimum Gasteiger partial charge on any atom is -0.396 e. The molecule has 1 aromatic rings. The zero-order valence-electron chi connectivity index (χ0n) is 10.2. The lowest BCUT2D eigenvalue weighted by Crippen LogP contribution is -2.21. The van der Waals surface area contributed by atoms with Crippen LogP contribution in [0.4, 0.5) is 0 Å². The third kappa shape index (κ3) is 2.38. The van der Waals surface area contributed by atoms with Gasteiger partial charge in [-0.25, -0.2) is 4.79 Å². The molecule has 1 fully saturated rings. The van der Waals surface area contributed by atoms with Crippen LogP contribution in [0.25, 0.3) is 0 Å². The van der Waals surface area contributed by atoms with Crippen molar-refractivity contribution in [3.63, 3.8) is 0 Å². The molecule has 1 aliphatic heterocycles. The molecule has 16 heavy (non-hydrogen) atoms. The number of aryl methyl sites for hydroxylation is 1. The summed E-state index contributed by atoms with van der Waals surface area (Å²) in [6.07, 6.45) is 1.23. The standard InChI is InChI=1S/C12H19NO3/c1-8(2)10-4-5-13(6-10)7-11-9(3)15-12(14)16-11/h8,10H,4-7H2,1-3H3/t10-/m1/s1. The van der Waals surface area contributed by atoms with Crippen LogP contribution in [-0.2, 0) is 6.54 Å². The maximum atomic E-state index is 10.9. The van der Waals surface area contributed by atoms with Crippen LogP contribution >= 0.6 is 0 Å². The highest BCUT2D eigenvalue weighted by atomic mass is 16.6. The molecule has 0 radical (unpaired) electrons. The predicted molar refractivity (Wildman–Crippen MR) is 60.2 cm³/mol. The van der Waals surface area contributed by atoms with Crippen LogP contribution in [0.1, 0.15) is 31.8 Å². The first-order chi connectivity index (χ1) is 7.56. The zero-order valence-corrected chi connectivity index (χ0v) is 10.2. The summed E-state index contributed by atoms with van der Waals surface area (Å²) in [7, 11) is 0. The van der Waals surface area contributed by atoms with Crippen LogP contribution in [-0.4, -0.2) is 18.0 Å². The fourth-order valence-electron chi connectivity index (χ4n) is 2.27. The smallest absolute Gasteiger partial charge is 0.396 e. The Balaban J connectivity index is 1.97. The Hall–Kier alpha value is -1.03. The molecule has 1 saturated heterocycles. The molecule has 1 aromatic heterocycles. The Morgan fingerprint density at radius 3 is 2.69 bits per heavy atom. The van der Waals surface area contributed by atoms with E-state index >= 15 is 0 Å². The van der Waals surface area contributed by atoms with E-state index < -0.39 is 5.82 Å². The van der Waals surface area contributed by atoms with Gasteiger partial charge in [-0.05, 0) is 31.7 Å². The van der Waals surface area contributed by atoms with Crippen molar-refractivity contribution >= 4 is 0 Å². The van der Waals surface area contributed by atoms with Crippen molar-refractivity contribution in [3.05, 3.63) is 22.1 Å². The molecule has 90 valence electrons. The van der Waals surface area contributed by atoms with Crippen LogP contribution in [0.2, 0.25) is 0 Å². The first-order valence-electron chi connectivity index (χ1n) is 5.88. The molecule has 4 nitrogen and oxygen atoms in total. The molecule has 0 unspecified atom stereocenters. The third-order valence-electron chi connectivity index (χ3n) is 3.45. The highest BCUT2D eigenvalue weighted by Crippen LogP contribution is 2.25. The van der Waals surface area contributed by atoms with E-state index in [1.54, 1.807) is 6.92 Å². The molecule has 1 aliphatic rings. The molecular weight excluding hydrogens is 206 g/mol. The number of hydrogen-bond donors (Lipinski definition) is 0. The largest absolute Gasteiger partial charge is 0.519 e. The van der Waals surface area contributed by atoms with Crippen molar-refractivity contribution in [2.45, 2.75) is 33.7 Å².